The number of aromatic nitrogens is 3. The highest BCUT2D eigenvalue weighted by Gasteiger charge is 2.69. The molecule has 1 aliphatic carbocycles. The van der Waals surface area contributed by atoms with Crippen LogP contribution in [0.25, 0.3) is 5.69 Å². The van der Waals surface area contributed by atoms with Gasteiger partial charge in [0.15, 0.2) is 11.6 Å². The van der Waals surface area contributed by atoms with E-state index in [4.69, 9.17) is 11.6 Å². The molecule has 1 saturated heterocycles. The summed E-state index contributed by atoms with van der Waals surface area (Å²) in [6.07, 6.45) is 1.60. The molecule has 246 valence electrons. The van der Waals surface area contributed by atoms with Crippen molar-refractivity contribution in [3.05, 3.63) is 157 Å². The Morgan fingerprint density at radius 2 is 1.55 bits per heavy atom. The lowest BCUT2D eigenvalue weighted by atomic mass is 9.53. The van der Waals surface area contributed by atoms with Gasteiger partial charge in [-0.25, -0.2) is 32.3 Å². The molecule has 10 nitrogen and oxygen atoms in total. The van der Waals surface area contributed by atoms with Gasteiger partial charge in [-0.15, -0.1) is 0 Å². The molecule has 3 heterocycles. The van der Waals surface area contributed by atoms with Crippen molar-refractivity contribution in [2.45, 2.75) is 30.3 Å². The normalized spacial score (nSPS) is 22.7. The maximum Gasteiger partial charge on any atom is 0.352 e. The number of carbonyl (C=O) groups excluding carboxylic acids is 2. The number of hydrogen-bond acceptors (Lipinski definition) is 6. The molecule has 0 bridgehead atoms. The van der Waals surface area contributed by atoms with Crippen LogP contribution < -0.4 is 16.8 Å². The monoisotopic (exact) mass is 681 g/mol. The zero-order valence-electron chi connectivity index (χ0n) is 25.5. The average molecular weight is 682 g/mol. The number of nitrogens with zero attached hydrogens (tertiary/aromatic N) is 4. The molecule has 0 radical (unpaired) electrons. The van der Waals surface area contributed by atoms with E-state index in [0.717, 1.165) is 15.6 Å². The lowest BCUT2D eigenvalue weighted by molar-refractivity contribution is -0.138. The van der Waals surface area contributed by atoms with Gasteiger partial charge in [0, 0.05) is 16.5 Å². The van der Waals surface area contributed by atoms with Crippen LogP contribution in [0.1, 0.15) is 29.5 Å². The molecule has 2 N–H and O–H groups in total. The number of anilines is 1. The molecule has 13 heteroatoms. The molecule has 2 fully saturated rings. The minimum absolute atomic E-state index is 0.0204. The Morgan fingerprint density at radius 3 is 2.27 bits per heavy atom. The van der Waals surface area contributed by atoms with E-state index in [2.05, 4.69) is 5.43 Å². The minimum Gasteiger partial charge on any atom is -0.505 e. The van der Waals surface area contributed by atoms with Crippen LogP contribution in [0.5, 0.6) is 5.75 Å². The Hall–Kier alpha value is -5.75. The fraction of sp³-hybridized carbons (Fsp3) is 0.167. The lowest BCUT2D eigenvalue weighted by Crippen LogP contribution is -2.53. The SMILES string of the molecule is O=C1C2CC3C(=CCn4c(=O)n(-c5ccccc5)c(=O)n43)C(c3cccc(F)c3O)C2(c2ccc(Cl)cc2)C(=O)N1Nc1ccc(F)cc1. The molecule has 1 aromatic heterocycles. The highest BCUT2D eigenvalue weighted by atomic mass is 35.5. The molecule has 2 aliphatic heterocycles. The predicted octanol–water partition coefficient (Wildman–Crippen LogP) is 5.06. The first-order chi connectivity index (χ1) is 23.6. The van der Waals surface area contributed by atoms with E-state index in [-0.39, 0.29) is 24.2 Å². The zero-order valence-corrected chi connectivity index (χ0v) is 26.2. The largest absolute Gasteiger partial charge is 0.505 e. The summed E-state index contributed by atoms with van der Waals surface area (Å²) in [6.45, 7) is -0.0760. The minimum atomic E-state index is -1.78. The third-order valence-corrected chi connectivity index (χ3v) is 10.1. The van der Waals surface area contributed by atoms with Crippen LogP contribution >= 0.6 is 11.6 Å². The maximum absolute atomic E-state index is 15.2. The van der Waals surface area contributed by atoms with Crippen molar-refractivity contribution in [2.75, 3.05) is 5.43 Å². The Kier molecular flexibility index (Phi) is 6.97. The van der Waals surface area contributed by atoms with Crippen LogP contribution in [0.3, 0.4) is 0 Å². The third kappa shape index (κ3) is 4.36. The van der Waals surface area contributed by atoms with Crippen molar-refractivity contribution in [1.82, 2.24) is 18.9 Å². The molecule has 8 rings (SSSR count). The second kappa shape index (κ2) is 11.2. The maximum atomic E-state index is 15.2. The number of allylic oxidation sites excluding steroid dienone is 2. The number of benzene rings is 4. The summed E-state index contributed by atoms with van der Waals surface area (Å²) < 4.78 is 32.6. The van der Waals surface area contributed by atoms with E-state index in [1.807, 2.05) is 0 Å². The molecule has 1 saturated carbocycles. The van der Waals surface area contributed by atoms with Crippen molar-refractivity contribution in [2.24, 2.45) is 5.92 Å². The summed E-state index contributed by atoms with van der Waals surface area (Å²) in [7, 11) is 0. The number of hydrazine groups is 1. The molecule has 5 aromatic rings. The number of nitrogens with one attached hydrogen (secondary N) is 1. The Morgan fingerprint density at radius 1 is 0.837 bits per heavy atom. The van der Waals surface area contributed by atoms with Gasteiger partial charge in [0.25, 0.3) is 11.8 Å². The molecular formula is C36H26ClF2N5O5. The summed E-state index contributed by atoms with van der Waals surface area (Å²) in [5.74, 6) is -5.95. The fourth-order valence-corrected chi connectivity index (χ4v) is 7.95. The lowest BCUT2D eigenvalue weighted by Gasteiger charge is -2.49. The summed E-state index contributed by atoms with van der Waals surface area (Å²) >= 11 is 6.28. The van der Waals surface area contributed by atoms with Crippen LogP contribution in [0.2, 0.25) is 5.02 Å². The number of rotatable bonds is 5. The van der Waals surface area contributed by atoms with Crippen molar-refractivity contribution >= 4 is 29.1 Å². The van der Waals surface area contributed by atoms with Gasteiger partial charge in [-0.05, 0) is 72.2 Å². The van der Waals surface area contributed by atoms with E-state index in [1.54, 1.807) is 60.7 Å². The number of carbonyl (C=O) groups is 2. The second-order valence-electron chi connectivity index (χ2n) is 12.3. The number of imide groups is 1. The number of phenolic OH excluding ortho intramolecular Hbond substituents is 1. The van der Waals surface area contributed by atoms with Crippen molar-refractivity contribution in [1.29, 1.82) is 0 Å². The quantitative estimate of drug-likeness (QED) is 0.198. The molecule has 3 aliphatic rings. The Balaban J connectivity index is 1.39. The topological polar surface area (TPSA) is 119 Å². The highest BCUT2D eigenvalue weighted by Crippen LogP contribution is 2.62. The van der Waals surface area contributed by atoms with E-state index < -0.39 is 63.9 Å². The summed E-state index contributed by atoms with van der Waals surface area (Å²) in [5, 5.41) is 12.5. The Bertz CT molecular complexity index is 2320. The second-order valence-corrected chi connectivity index (χ2v) is 12.7. The first kappa shape index (κ1) is 30.6. The predicted molar refractivity (Wildman–Crippen MR) is 175 cm³/mol. The molecule has 4 unspecified atom stereocenters. The van der Waals surface area contributed by atoms with E-state index in [0.29, 0.717) is 21.8 Å². The van der Waals surface area contributed by atoms with Crippen LogP contribution in [-0.2, 0) is 21.5 Å². The Labute approximate surface area is 281 Å². The van der Waals surface area contributed by atoms with Crippen LogP contribution in [-0.4, -0.2) is 35.9 Å². The van der Waals surface area contributed by atoms with Gasteiger partial charge in [0.2, 0.25) is 0 Å². The van der Waals surface area contributed by atoms with E-state index in [1.165, 1.54) is 45.8 Å². The average Bonchev–Trinajstić information content (AvgIpc) is 3.48. The molecule has 4 aromatic carbocycles. The van der Waals surface area contributed by atoms with Crippen LogP contribution in [0.4, 0.5) is 14.5 Å². The van der Waals surface area contributed by atoms with Crippen LogP contribution in [0, 0.1) is 17.6 Å². The summed E-state index contributed by atoms with van der Waals surface area (Å²) in [5.41, 5.74) is 1.23. The number of fused-ring (bicyclic) bond motifs is 4. The first-order valence-electron chi connectivity index (χ1n) is 15.5. The van der Waals surface area contributed by atoms with Gasteiger partial charge in [0.1, 0.15) is 5.82 Å². The van der Waals surface area contributed by atoms with E-state index >= 15 is 9.18 Å². The highest BCUT2D eigenvalue weighted by molar-refractivity contribution is 6.30. The number of para-hydroxylation sites is 2. The number of phenols is 1. The fourth-order valence-electron chi connectivity index (χ4n) is 7.82. The molecule has 0 spiro atoms. The number of amides is 2. The molecule has 49 heavy (non-hydrogen) atoms. The smallest absolute Gasteiger partial charge is 0.352 e. The first-order valence-corrected chi connectivity index (χ1v) is 15.8. The van der Waals surface area contributed by atoms with E-state index in [9.17, 15) is 23.9 Å². The number of hydrogen-bond donors (Lipinski definition) is 2. The number of halogens is 3. The summed E-state index contributed by atoms with van der Waals surface area (Å²) in [4.78, 5) is 57.5. The number of aromatic hydroxyl groups is 1. The van der Waals surface area contributed by atoms with Gasteiger partial charge in [0.05, 0.1) is 35.3 Å². The van der Waals surface area contributed by atoms with Crippen molar-refractivity contribution in [3.8, 4) is 11.4 Å². The molecular weight excluding hydrogens is 656 g/mol. The zero-order chi connectivity index (χ0) is 34.2. The van der Waals surface area contributed by atoms with Crippen molar-refractivity contribution in [3.63, 3.8) is 0 Å². The van der Waals surface area contributed by atoms with Gasteiger partial charge in [-0.2, -0.15) is 5.01 Å². The van der Waals surface area contributed by atoms with Crippen LogP contribution in [0.15, 0.2) is 118 Å². The summed E-state index contributed by atoms with van der Waals surface area (Å²) in [6, 6.07) is 22.9. The molecule has 4 atom stereocenters. The third-order valence-electron chi connectivity index (χ3n) is 9.86. The van der Waals surface area contributed by atoms with Gasteiger partial charge in [-0.1, -0.05) is 60.1 Å². The van der Waals surface area contributed by atoms with Gasteiger partial charge < -0.3 is 5.11 Å². The standard InChI is InChI=1S/C36H26ClF2N5O5/c37-21-11-9-20(10-12-21)36-27(32(46)43(33(36)47)40-23-15-13-22(38)14-16-23)19-29-25(30(36)26-7-4-8-28(39)31(26)45)17-18-41-34(48)42(35(49)44(29)41)24-5-2-1-3-6-24/h1-17,27,29-30,40,45H,18-19H2. The van der Waals surface area contributed by atoms with Gasteiger partial charge in [-0.3, -0.25) is 15.0 Å². The van der Waals surface area contributed by atoms with Gasteiger partial charge >= 0.3 is 11.4 Å². The molecule has 2 amide bonds. The van der Waals surface area contributed by atoms with Crippen molar-refractivity contribution < 1.29 is 23.5 Å².